The zero-order valence-electron chi connectivity index (χ0n) is 19.4. The Balaban J connectivity index is 1.45. The van der Waals surface area contributed by atoms with E-state index in [1.54, 1.807) is 53.3 Å². The van der Waals surface area contributed by atoms with E-state index in [-0.39, 0.29) is 17.9 Å². The second kappa shape index (κ2) is 9.12. The van der Waals surface area contributed by atoms with Crippen LogP contribution < -0.4 is 11.0 Å². The number of rotatable bonds is 5. The molecule has 3 aromatic carbocycles. The Morgan fingerprint density at radius 3 is 2.57 bits per heavy atom. The Morgan fingerprint density at radius 1 is 0.919 bits per heavy atom. The highest BCUT2D eigenvalue weighted by Gasteiger charge is 2.19. The number of carbonyl (C=O) groups excluding carboxylic acids is 1. The van der Waals surface area contributed by atoms with Gasteiger partial charge in [0, 0.05) is 5.56 Å². The van der Waals surface area contributed by atoms with Gasteiger partial charge in [-0.2, -0.15) is 5.10 Å². The van der Waals surface area contributed by atoms with E-state index in [1.807, 2.05) is 30.3 Å². The van der Waals surface area contributed by atoms with Gasteiger partial charge >= 0.3 is 0 Å². The average molecular weight is 490 g/mol. The van der Waals surface area contributed by atoms with Crippen LogP contribution in [0.1, 0.15) is 15.9 Å². The predicted molar refractivity (Wildman–Crippen MR) is 138 cm³/mol. The van der Waals surface area contributed by atoms with Gasteiger partial charge in [0.1, 0.15) is 12.1 Å². The molecular weight excluding hydrogens is 471 g/mol. The molecular formula is C28H19FN6O2. The number of aromatic nitrogens is 5. The van der Waals surface area contributed by atoms with Crippen molar-refractivity contribution in [1.29, 1.82) is 0 Å². The lowest BCUT2D eigenvalue weighted by molar-refractivity contribution is 0.101. The quantitative estimate of drug-likeness (QED) is 0.387. The highest BCUT2D eigenvalue weighted by atomic mass is 19.1. The SMILES string of the molecule is O=C(Nn1cnc2ccccc2c1=O)c1cc(-c2ccccc2)nc2c1cnn2Cc1cccc(F)c1. The van der Waals surface area contributed by atoms with Crippen LogP contribution in [0.3, 0.4) is 0 Å². The molecule has 0 spiro atoms. The molecule has 1 N–H and O–H groups in total. The second-order valence-corrected chi connectivity index (χ2v) is 8.47. The Kier molecular flexibility index (Phi) is 5.49. The molecule has 0 aliphatic heterocycles. The van der Waals surface area contributed by atoms with Gasteiger partial charge in [0.15, 0.2) is 5.65 Å². The Bertz CT molecular complexity index is 1850. The molecule has 8 nitrogen and oxygen atoms in total. The number of benzene rings is 3. The van der Waals surface area contributed by atoms with Crippen molar-refractivity contribution < 1.29 is 9.18 Å². The molecule has 1 amide bonds. The van der Waals surface area contributed by atoms with Crippen molar-refractivity contribution >= 4 is 27.8 Å². The minimum absolute atomic E-state index is 0.265. The number of pyridine rings is 1. The van der Waals surface area contributed by atoms with Crippen molar-refractivity contribution in [2.24, 2.45) is 0 Å². The van der Waals surface area contributed by atoms with E-state index in [9.17, 15) is 14.0 Å². The van der Waals surface area contributed by atoms with Gasteiger partial charge in [-0.25, -0.2) is 23.7 Å². The summed E-state index contributed by atoms with van der Waals surface area (Å²) < 4.78 is 16.5. The Labute approximate surface area is 209 Å². The van der Waals surface area contributed by atoms with Crippen LogP contribution in [0.2, 0.25) is 0 Å². The van der Waals surface area contributed by atoms with Crippen LogP contribution in [-0.4, -0.2) is 30.3 Å². The van der Waals surface area contributed by atoms with E-state index in [2.05, 4.69) is 15.5 Å². The van der Waals surface area contributed by atoms with E-state index >= 15 is 0 Å². The normalized spacial score (nSPS) is 11.2. The largest absolute Gasteiger partial charge is 0.280 e. The summed E-state index contributed by atoms with van der Waals surface area (Å²) in [7, 11) is 0. The van der Waals surface area contributed by atoms with Crippen LogP contribution >= 0.6 is 0 Å². The fourth-order valence-corrected chi connectivity index (χ4v) is 4.23. The highest BCUT2D eigenvalue weighted by Crippen LogP contribution is 2.25. The number of hydrogen-bond donors (Lipinski definition) is 1. The number of nitrogens with one attached hydrogen (secondary N) is 1. The number of nitrogens with zero attached hydrogens (tertiary/aromatic N) is 5. The van der Waals surface area contributed by atoms with Crippen LogP contribution in [-0.2, 0) is 6.54 Å². The van der Waals surface area contributed by atoms with Gasteiger partial charge in [-0.1, -0.05) is 54.6 Å². The average Bonchev–Trinajstić information content (AvgIpc) is 3.33. The molecule has 0 fully saturated rings. The van der Waals surface area contributed by atoms with Crippen molar-refractivity contribution in [2.75, 3.05) is 5.43 Å². The summed E-state index contributed by atoms with van der Waals surface area (Å²) in [5.41, 5.74) is 5.60. The molecule has 0 saturated heterocycles. The summed E-state index contributed by atoms with van der Waals surface area (Å²) in [6.45, 7) is 0.265. The van der Waals surface area contributed by atoms with Crippen LogP contribution in [0.15, 0.2) is 102 Å². The Hall–Kier alpha value is -5.18. The maximum Gasteiger partial charge on any atom is 0.280 e. The second-order valence-electron chi connectivity index (χ2n) is 8.47. The number of amides is 1. The topological polar surface area (TPSA) is 94.7 Å². The molecule has 180 valence electrons. The standard InChI is InChI=1S/C28H19FN6O2/c29-20-10-6-7-18(13-20)16-34-26-23(15-31-34)22(14-25(32-26)19-8-2-1-3-9-19)27(36)33-35-17-30-24-12-5-4-11-21(24)28(35)37/h1-15,17H,16H2,(H,33,36). The molecule has 0 radical (unpaired) electrons. The first-order valence-corrected chi connectivity index (χ1v) is 11.5. The summed E-state index contributed by atoms with van der Waals surface area (Å²) in [5, 5.41) is 5.32. The van der Waals surface area contributed by atoms with Crippen molar-refractivity contribution in [3.05, 3.63) is 125 Å². The van der Waals surface area contributed by atoms with E-state index < -0.39 is 11.5 Å². The third-order valence-electron chi connectivity index (χ3n) is 6.03. The van der Waals surface area contributed by atoms with E-state index in [0.29, 0.717) is 33.2 Å². The van der Waals surface area contributed by atoms with Crippen LogP contribution in [0, 0.1) is 5.82 Å². The highest BCUT2D eigenvalue weighted by molar-refractivity contribution is 6.10. The summed E-state index contributed by atoms with van der Waals surface area (Å²) in [6, 6.07) is 24.3. The lowest BCUT2D eigenvalue weighted by atomic mass is 10.1. The first kappa shape index (κ1) is 22.3. The van der Waals surface area contributed by atoms with E-state index in [0.717, 1.165) is 10.2 Å². The molecule has 0 bridgehead atoms. The molecule has 3 aromatic heterocycles. The van der Waals surface area contributed by atoms with E-state index in [4.69, 9.17) is 4.98 Å². The first-order valence-electron chi connectivity index (χ1n) is 11.5. The molecule has 0 aliphatic carbocycles. The minimum Gasteiger partial charge on any atom is -0.267 e. The lowest BCUT2D eigenvalue weighted by Crippen LogP contribution is -2.33. The van der Waals surface area contributed by atoms with Crippen molar-refractivity contribution in [3.8, 4) is 11.3 Å². The molecule has 3 heterocycles. The number of halogens is 1. The number of para-hydroxylation sites is 1. The first-order chi connectivity index (χ1) is 18.1. The fraction of sp³-hybridized carbons (Fsp3) is 0.0357. The van der Waals surface area contributed by atoms with Crippen molar-refractivity contribution in [1.82, 2.24) is 24.4 Å². The van der Waals surface area contributed by atoms with Gasteiger partial charge in [0.25, 0.3) is 11.5 Å². The maximum absolute atomic E-state index is 13.8. The van der Waals surface area contributed by atoms with E-state index in [1.165, 1.54) is 18.5 Å². The predicted octanol–water partition coefficient (Wildman–Crippen LogP) is 4.38. The van der Waals surface area contributed by atoms with Crippen LogP contribution in [0.4, 0.5) is 4.39 Å². The van der Waals surface area contributed by atoms with Crippen LogP contribution in [0.5, 0.6) is 0 Å². The summed E-state index contributed by atoms with van der Waals surface area (Å²) in [4.78, 5) is 35.5. The molecule has 0 saturated carbocycles. The smallest absolute Gasteiger partial charge is 0.267 e. The molecule has 0 unspecified atom stereocenters. The van der Waals surface area contributed by atoms with Gasteiger partial charge in [-0.05, 0) is 35.9 Å². The maximum atomic E-state index is 13.8. The van der Waals surface area contributed by atoms with Gasteiger partial charge in [0.2, 0.25) is 0 Å². The molecule has 37 heavy (non-hydrogen) atoms. The zero-order chi connectivity index (χ0) is 25.4. The van der Waals surface area contributed by atoms with Gasteiger partial charge in [-0.3, -0.25) is 15.0 Å². The lowest BCUT2D eigenvalue weighted by Gasteiger charge is -2.11. The summed E-state index contributed by atoms with van der Waals surface area (Å²) in [5.74, 6) is -0.865. The molecule has 0 atom stereocenters. The van der Waals surface area contributed by atoms with Gasteiger partial charge in [-0.15, -0.1) is 0 Å². The summed E-state index contributed by atoms with van der Waals surface area (Å²) >= 11 is 0. The molecule has 0 aliphatic rings. The third-order valence-corrected chi connectivity index (χ3v) is 6.03. The molecule has 6 rings (SSSR count). The van der Waals surface area contributed by atoms with Gasteiger partial charge in [0.05, 0.1) is 40.3 Å². The minimum atomic E-state index is -0.519. The number of hydrogen-bond acceptors (Lipinski definition) is 5. The summed E-state index contributed by atoms with van der Waals surface area (Å²) in [6.07, 6.45) is 2.83. The molecule has 9 heteroatoms. The van der Waals surface area contributed by atoms with Gasteiger partial charge < -0.3 is 0 Å². The Morgan fingerprint density at radius 2 is 1.73 bits per heavy atom. The third kappa shape index (κ3) is 4.23. The number of fused-ring (bicyclic) bond motifs is 2. The van der Waals surface area contributed by atoms with Crippen LogP contribution in [0.25, 0.3) is 33.2 Å². The molecule has 6 aromatic rings. The zero-order valence-corrected chi connectivity index (χ0v) is 19.4. The van der Waals surface area contributed by atoms with Crippen molar-refractivity contribution in [2.45, 2.75) is 6.54 Å². The number of carbonyl (C=O) groups is 1. The fourth-order valence-electron chi connectivity index (χ4n) is 4.23. The van der Waals surface area contributed by atoms with Crippen molar-refractivity contribution in [3.63, 3.8) is 0 Å². The monoisotopic (exact) mass is 490 g/mol.